The third kappa shape index (κ3) is 3.39. The molecule has 0 saturated carbocycles. The highest BCUT2D eigenvalue weighted by molar-refractivity contribution is 7.16. The van der Waals surface area contributed by atoms with Crippen molar-refractivity contribution in [3.8, 4) is 22.8 Å². The van der Waals surface area contributed by atoms with E-state index in [0.29, 0.717) is 17.2 Å². The van der Waals surface area contributed by atoms with Gasteiger partial charge in [-0.15, -0.1) is 11.3 Å². The molecule has 0 amide bonds. The Hall–Kier alpha value is -2.93. The lowest BCUT2D eigenvalue weighted by atomic mass is 10.0. The first-order chi connectivity index (χ1) is 12.5. The smallest absolute Gasteiger partial charge is 0.416 e. The molecule has 2 heterocycles. The van der Waals surface area contributed by atoms with Crippen LogP contribution < -0.4 is 4.74 Å². The minimum atomic E-state index is -4.35. The molecule has 130 valence electrons. The van der Waals surface area contributed by atoms with Crippen molar-refractivity contribution in [2.75, 3.05) is 0 Å². The highest BCUT2D eigenvalue weighted by Crippen LogP contribution is 2.32. The lowest BCUT2D eigenvalue weighted by molar-refractivity contribution is -0.137. The predicted molar refractivity (Wildman–Crippen MR) is 94.4 cm³/mol. The fraction of sp³-hybridized carbons (Fsp3) is 0.0526. The molecular formula is C19H11F3N2OS. The van der Waals surface area contributed by atoms with Gasteiger partial charge in [-0.25, -0.2) is 9.97 Å². The first-order valence-electron chi connectivity index (χ1n) is 7.64. The Kier molecular flexibility index (Phi) is 4.08. The Morgan fingerprint density at radius 3 is 2.42 bits per heavy atom. The summed E-state index contributed by atoms with van der Waals surface area (Å²) in [6.45, 7) is 0. The molecule has 0 aliphatic rings. The second kappa shape index (κ2) is 6.42. The van der Waals surface area contributed by atoms with Gasteiger partial charge in [-0.2, -0.15) is 13.2 Å². The van der Waals surface area contributed by atoms with Crippen LogP contribution in [0.15, 0.2) is 66.3 Å². The van der Waals surface area contributed by atoms with Crippen molar-refractivity contribution in [2.24, 2.45) is 0 Å². The molecule has 0 unspecified atom stereocenters. The molecule has 2 aromatic heterocycles. The van der Waals surface area contributed by atoms with Crippen LogP contribution in [0.2, 0.25) is 0 Å². The van der Waals surface area contributed by atoms with Gasteiger partial charge in [-0.3, -0.25) is 0 Å². The van der Waals surface area contributed by atoms with E-state index in [2.05, 4.69) is 9.97 Å². The molecule has 0 aliphatic carbocycles. The van der Waals surface area contributed by atoms with Crippen LogP contribution in [0.25, 0.3) is 21.3 Å². The first kappa shape index (κ1) is 16.5. The maximum Gasteiger partial charge on any atom is 0.416 e. The SMILES string of the molecule is FC(F)(F)c1ccc(-c2ccnc(Oc3ccc4ncsc4c3)c2)cc1. The largest absolute Gasteiger partial charge is 0.439 e. The van der Waals surface area contributed by atoms with Crippen LogP contribution in [0.4, 0.5) is 13.2 Å². The summed E-state index contributed by atoms with van der Waals surface area (Å²) >= 11 is 1.51. The van der Waals surface area contributed by atoms with E-state index in [9.17, 15) is 13.2 Å². The van der Waals surface area contributed by atoms with Gasteiger partial charge in [-0.1, -0.05) is 12.1 Å². The van der Waals surface area contributed by atoms with Crippen LogP contribution in [-0.2, 0) is 6.18 Å². The summed E-state index contributed by atoms with van der Waals surface area (Å²) in [6, 6.07) is 14.0. The highest BCUT2D eigenvalue weighted by Gasteiger charge is 2.29. The van der Waals surface area contributed by atoms with Gasteiger partial charge in [0.15, 0.2) is 0 Å². The normalized spacial score (nSPS) is 11.7. The van der Waals surface area contributed by atoms with Gasteiger partial charge in [0.05, 0.1) is 21.3 Å². The monoisotopic (exact) mass is 372 g/mol. The minimum Gasteiger partial charge on any atom is -0.439 e. The average Bonchev–Trinajstić information content (AvgIpc) is 3.09. The van der Waals surface area contributed by atoms with E-state index in [0.717, 1.165) is 27.9 Å². The number of ether oxygens (including phenoxy) is 1. The van der Waals surface area contributed by atoms with Gasteiger partial charge in [0, 0.05) is 18.3 Å². The standard InChI is InChI=1S/C19H11F3N2OS/c20-19(21,22)14-3-1-12(2-4-14)13-7-8-23-18(9-13)25-15-5-6-16-17(10-15)26-11-24-16/h1-11H. The Labute approximate surface area is 150 Å². The number of benzene rings is 2. The lowest BCUT2D eigenvalue weighted by Gasteiger charge is -2.09. The van der Waals surface area contributed by atoms with Gasteiger partial charge >= 0.3 is 6.18 Å². The van der Waals surface area contributed by atoms with Crippen molar-refractivity contribution >= 4 is 21.6 Å². The third-order valence-corrected chi connectivity index (χ3v) is 4.60. The van der Waals surface area contributed by atoms with E-state index in [1.54, 1.807) is 29.9 Å². The molecule has 0 atom stereocenters. The van der Waals surface area contributed by atoms with Gasteiger partial charge in [0.25, 0.3) is 0 Å². The Bertz CT molecular complexity index is 1060. The zero-order valence-electron chi connectivity index (χ0n) is 13.2. The van der Waals surface area contributed by atoms with Gasteiger partial charge in [-0.05, 0) is 41.5 Å². The molecule has 4 rings (SSSR count). The van der Waals surface area contributed by atoms with Gasteiger partial charge in [0.1, 0.15) is 5.75 Å². The number of rotatable bonds is 3. The van der Waals surface area contributed by atoms with Crippen molar-refractivity contribution in [1.29, 1.82) is 0 Å². The summed E-state index contributed by atoms with van der Waals surface area (Å²) in [4.78, 5) is 8.38. The van der Waals surface area contributed by atoms with Crippen molar-refractivity contribution in [3.63, 3.8) is 0 Å². The second-order valence-electron chi connectivity index (χ2n) is 5.54. The van der Waals surface area contributed by atoms with Crippen molar-refractivity contribution < 1.29 is 17.9 Å². The fourth-order valence-electron chi connectivity index (χ4n) is 2.52. The zero-order chi connectivity index (χ0) is 18.1. The summed E-state index contributed by atoms with van der Waals surface area (Å²) < 4.78 is 44.8. The second-order valence-corrected chi connectivity index (χ2v) is 6.43. The van der Waals surface area contributed by atoms with Crippen molar-refractivity contribution in [1.82, 2.24) is 9.97 Å². The third-order valence-electron chi connectivity index (χ3n) is 3.81. The quantitative estimate of drug-likeness (QED) is 0.431. The number of hydrogen-bond donors (Lipinski definition) is 0. The molecule has 0 saturated heterocycles. The van der Waals surface area contributed by atoms with Crippen LogP contribution in [0.3, 0.4) is 0 Å². The Balaban J connectivity index is 1.60. The molecule has 2 aromatic carbocycles. The molecular weight excluding hydrogens is 361 g/mol. The molecule has 4 aromatic rings. The number of thiazole rings is 1. The van der Waals surface area contributed by atoms with Crippen LogP contribution in [0, 0.1) is 0 Å². The topological polar surface area (TPSA) is 35.0 Å². The Morgan fingerprint density at radius 2 is 1.65 bits per heavy atom. The number of nitrogens with zero attached hydrogens (tertiary/aromatic N) is 2. The van der Waals surface area contributed by atoms with Crippen LogP contribution in [-0.4, -0.2) is 9.97 Å². The summed E-state index contributed by atoms with van der Waals surface area (Å²) in [5.74, 6) is 0.991. The highest BCUT2D eigenvalue weighted by atomic mass is 32.1. The van der Waals surface area contributed by atoms with E-state index in [4.69, 9.17) is 4.74 Å². The first-order valence-corrected chi connectivity index (χ1v) is 8.52. The number of fused-ring (bicyclic) bond motifs is 1. The molecule has 0 N–H and O–H groups in total. The summed E-state index contributed by atoms with van der Waals surface area (Å²) in [5, 5.41) is 0. The predicted octanol–water partition coefficient (Wildman–Crippen LogP) is 6.17. The summed E-state index contributed by atoms with van der Waals surface area (Å²) in [5.41, 5.74) is 3.36. The van der Waals surface area contributed by atoms with E-state index in [1.807, 2.05) is 12.1 Å². The average molecular weight is 372 g/mol. The summed E-state index contributed by atoms with van der Waals surface area (Å²) in [7, 11) is 0. The molecule has 3 nitrogen and oxygen atoms in total. The number of pyridine rings is 1. The minimum absolute atomic E-state index is 0.367. The zero-order valence-corrected chi connectivity index (χ0v) is 14.0. The van der Waals surface area contributed by atoms with Gasteiger partial charge < -0.3 is 4.74 Å². The summed E-state index contributed by atoms with van der Waals surface area (Å²) in [6.07, 6.45) is -2.78. The molecule has 0 bridgehead atoms. The lowest BCUT2D eigenvalue weighted by Crippen LogP contribution is -2.03. The van der Waals surface area contributed by atoms with E-state index in [1.165, 1.54) is 23.5 Å². The van der Waals surface area contributed by atoms with Gasteiger partial charge in [0.2, 0.25) is 5.88 Å². The number of halogens is 3. The van der Waals surface area contributed by atoms with E-state index >= 15 is 0 Å². The number of aromatic nitrogens is 2. The Morgan fingerprint density at radius 1 is 0.846 bits per heavy atom. The molecule has 0 radical (unpaired) electrons. The molecule has 26 heavy (non-hydrogen) atoms. The molecule has 7 heteroatoms. The maximum atomic E-state index is 12.7. The molecule has 0 fully saturated rings. The molecule has 0 spiro atoms. The van der Waals surface area contributed by atoms with E-state index < -0.39 is 11.7 Å². The van der Waals surface area contributed by atoms with Crippen LogP contribution >= 0.6 is 11.3 Å². The number of hydrogen-bond acceptors (Lipinski definition) is 4. The maximum absolute atomic E-state index is 12.7. The van der Waals surface area contributed by atoms with Crippen LogP contribution in [0.1, 0.15) is 5.56 Å². The molecule has 0 aliphatic heterocycles. The van der Waals surface area contributed by atoms with E-state index in [-0.39, 0.29) is 0 Å². The van der Waals surface area contributed by atoms with Crippen molar-refractivity contribution in [3.05, 3.63) is 71.9 Å². The fourth-order valence-corrected chi connectivity index (χ4v) is 3.22. The van der Waals surface area contributed by atoms with Crippen LogP contribution in [0.5, 0.6) is 11.6 Å². The van der Waals surface area contributed by atoms with Crippen molar-refractivity contribution in [2.45, 2.75) is 6.18 Å². The number of alkyl halides is 3.